The molecule has 0 bridgehead atoms. The zero-order valence-electron chi connectivity index (χ0n) is 14.0. The van der Waals surface area contributed by atoms with Crippen LogP contribution in [0.1, 0.15) is 52.4 Å². The van der Waals surface area contributed by atoms with E-state index in [1.165, 1.54) is 0 Å². The number of hydrogen-bond donors (Lipinski definition) is 1. The van der Waals surface area contributed by atoms with Gasteiger partial charge in [0.25, 0.3) is 0 Å². The molecule has 0 aromatic heterocycles. The highest BCUT2D eigenvalue weighted by molar-refractivity contribution is 5.80. The van der Waals surface area contributed by atoms with E-state index in [9.17, 15) is 14.7 Å². The van der Waals surface area contributed by atoms with Crippen molar-refractivity contribution in [3.05, 3.63) is 0 Å². The third kappa shape index (κ3) is 4.22. The van der Waals surface area contributed by atoms with E-state index in [1.54, 1.807) is 0 Å². The van der Waals surface area contributed by atoms with Crippen LogP contribution in [-0.4, -0.2) is 59.0 Å². The predicted octanol–water partition coefficient (Wildman–Crippen LogP) is 1.64. The molecule has 2 atom stereocenters. The molecule has 2 aliphatic heterocycles. The van der Waals surface area contributed by atoms with Gasteiger partial charge in [0.15, 0.2) is 0 Å². The van der Waals surface area contributed by atoms with Gasteiger partial charge in [0.05, 0.1) is 6.10 Å². The first-order valence-corrected chi connectivity index (χ1v) is 8.77. The fourth-order valence-electron chi connectivity index (χ4n) is 3.61. The number of amides is 2. The van der Waals surface area contributed by atoms with E-state index in [0.717, 1.165) is 38.6 Å². The summed E-state index contributed by atoms with van der Waals surface area (Å²) in [6.07, 6.45) is 4.70. The molecule has 2 saturated heterocycles. The number of aliphatic hydroxyl groups is 1. The molecule has 0 aromatic rings. The molecule has 2 heterocycles. The Labute approximate surface area is 133 Å². The zero-order valence-corrected chi connectivity index (χ0v) is 14.0. The van der Waals surface area contributed by atoms with Gasteiger partial charge in [-0.3, -0.25) is 9.59 Å². The summed E-state index contributed by atoms with van der Waals surface area (Å²) in [6.45, 7) is 6.76. The molecule has 2 fully saturated rings. The van der Waals surface area contributed by atoms with E-state index in [2.05, 4.69) is 0 Å². The molecule has 0 spiro atoms. The molecule has 22 heavy (non-hydrogen) atoms. The minimum Gasteiger partial charge on any atom is -0.393 e. The first-order chi connectivity index (χ1) is 10.5. The van der Waals surface area contributed by atoms with E-state index in [1.807, 2.05) is 23.6 Å². The van der Waals surface area contributed by atoms with Crippen LogP contribution < -0.4 is 0 Å². The minimum absolute atomic E-state index is 0.0541. The number of hydrogen-bond acceptors (Lipinski definition) is 3. The van der Waals surface area contributed by atoms with Gasteiger partial charge >= 0.3 is 0 Å². The maximum Gasteiger partial charge on any atom is 0.225 e. The zero-order chi connectivity index (χ0) is 16.1. The van der Waals surface area contributed by atoms with Crippen molar-refractivity contribution in [2.75, 3.05) is 26.2 Å². The van der Waals surface area contributed by atoms with Gasteiger partial charge in [-0.1, -0.05) is 6.92 Å². The van der Waals surface area contributed by atoms with Gasteiger partial charge < -0.3 is 14.9 Å². The number of likely N-dealkylation sites (tertiary alicyclic amines) is 2. The van der Waals surface area contributed by atoms with E-state index >= 15 is 0 Å². The SMILES string of the molecule is CCCC(=O)N1CCC(C(=O)N2CCCC(C(C)O)C2)CC1. The van der Waals surface area contributed by atoms with Gasteiger partial charge in [0.2, 0.25) is 11.8 Å². The van der Waals surface area contributed by atoms with Crippen molar-refractivity contribution >= 4 is 11.8 Å². The Morgan fingerprint density at radius 3 is 2.41 bits per heavy atom. The monoisotopic (exact) mass is 310 g/mol. The highest BCUT2D eigenvalue weighted by atomic mass is 16.3. The van der Waals surface area contributed by atoms with Gasteiger partial charge in [-0.25, -0.2) is 0 Å². The van der Waals surface area contributed by atoms with E-state index in [0.29, 0.717) is 26.1 Å². The van der Waals surface area contributed by atoms with Crippen molar-refractivity contribution in [3.63, 3.8) is 0 Å². The normalized spacial score (nSPS) is 25.1. The van der Waals surface area contributed by atoms with Crippen LogP contribution in [-0.2, 0) is 9.59 Å². The number of carbonyl (C=O) groups excluding carboxylic acids is 2. The molecule has 2 unspecified atom stereocenters. The maximum absolute atomic E-state index is 12.7. The average molecular weight is 310 g/mol. The van der Waals surface area contributed by atoms with Crippen LogP contribution in [0.5, 0.6) is 0 Å². The van der Waals surface area contributed by atoms with Crippen LogP contribution in [0, 0.1) is 11.8 Å². The van der Waals surface area contributed by atoms with Crippen LogP contribution in [0.15, 0.2) is 0 Å². The third-order valence-electron chi connectivity index (χ3n) is 5.11. The summed E-state index contributed by atoms with van der Waals surface area (Å²) in [5, 5.41) is 9.75. The summed E-state index contributed by atoms with van der Waals surface area (Å²) < 4.78 is 0. The molecule has 2 amide bonds. The van der Waals surface area contributed by atoms with Gasteiger partial charge in [0.1, 0.15) is 0 Å². The second kappa shape index (κ2) is 7.95. The maximum atomic E-state index is 12.7. The van der Waals surface area contributed by atoms with E-state index in [4.69, 9.17) is 0 Å². The smallest absolute Gasteiger partial charge is 0.225 e. The van der Waals surface area contributed by atoms with E-state index < -0.39 is 0 Å². The molecule has 0 aliphatic carbocycles. The molecule has 2 aliphatic rings. The topological polar surface area (TPSA) is 60.9 Å². The largest absolute Gasteiger partial charge is 0.393 e. The summed E-state index contributed by atoms with van der Waals surface area (Å²) >= 11 is 0. The van der Waals surface area contributed by atoms with Crippen molar-refractivity contribution in [1.82, 2.24) is 9.80 Å². The Kier molecular flexibility index (Phi) is 6.24. The highest BCUT2D eigenvalue weighted by Crippen LogP contribution is 2.25. The third-order valence-corrected chi connectivity index (χ3v) is 5.11. The number of aliphatic hydroxyl groups excluding tert-OH is 1. The first-order valence-electron chi connectivity index (χ1n) is 8.77. The number of carbonyl (C=O) groups is 2. The Morgan fingerprint density at radius 1 is 1.14 bits per heavy atom. The number of piperidine rings is 2. The molecule has 5 heteroatoms. The number of rotatable bonds is 4. The lowest BCUT2D eigenvalue weighted by Gasteiger charge is -2.38. The Hall–Kier alpha value is -1.10. The molecular formula is C17H30N2O3. The first kappa shape index (κ1) is 17.3. The summed E-state index contributed by atoms with van der Waals surface area (Å²) in [6, 6.07) is 0. The molecule has 0 radical (unpaired) electrons. The van der Waals surface area contributed by atoms with Crippen LogP contribution in [0.4, 0.5) is 0 Å². The summed E-state index contributed by atoms with van der Waals surface area (Å²) in [5.74, 6) is 0.718. The summed E-state index contributed by atoms with van der Waals surface area (Å²) in [5.41, 5.74) is 0. The standard InChI is InChI=1S/C17H30N2O3/c1-3-5-16(21)18-10-7-14(8-11-18)17(22)19-9-4-6-15(12-19)13(2)20/h13-15,20H,3-12H2,1-2H3. The van der Waals surface area contributed by atoms with Crippen molar-refractivity contribution in [2.45, 2.75) is 58.5 Å². The quantitative estimate of drug-likeness (QED) is 0.859. The second-order valence-electron chi connectivity index (χ2n) is 6.83. The van der Waals surface area contributed by atoms with Gasteiger partial charge in [-0.15, -0.1) is 0 Å². The molecule has 2 rings (SSSR count). The lowest BCUT2D eigenvalue weighted by atomic mass is 9.90. The predicted molar refractivity (Wildman–Crippen MR) is 85.2 cm³/mol. The van der Waals surface area contributed by atoms with Crippen LogP contribution >= 0.6 is 0 Å². The Balaban J connectivity index is 1.83. The van der Waals surface area contributed by atoms with Crippen molar-refractivity contribution in [1.29, 1.82) is 0 Å². The second-order valence-corrected chi connectivity index (χ2v) is 6.83. The van der Waals surface area contributed by atoms with Crippen LogP contribution in [0.2, 0.25) is 0 Å². The Morgan fingerprint density at radius 2 is 1.82 bits per heavy atom. The van der Waals surface area contributed by atoms with Crippen molar-refractivity contribution < 1.29 is 14.7 Å². The van der Waals surface area contributed by atoms with Gasteiger partial charge in [-0.2, -0.15) is 0 Å². The molecule has 1 N–H and O–H groups in total. The lowest BCUT2D eigenvalue weighted by Crippen LogP contribution is -2.48. The van der Waals surface area contributed by atoms with Gasteiger partial charge in [-0.05, 0) is 39.0 Å². The molecular weight excluding hydrogens is 280 g/mol. The van der Waals surface area contributed by atoms with Crippen molar-refractivity contribution in [3.8, 4) is 0 Å². The van der Waals surface area contributed by atoms with E-state index in [-0.39, 0.29) is 29.8 Å². The highest BCUT2D eigenvalue weighted by Gasteiger charge is 2.33. The van der Waals surface area contributed by atoms with Crippen LogP contribution in [0.25, 0.3) is 0 Å². The molecule has 5 nitrogen and oxygen atoms in total. The Bertz CT molecular complexity index is 389. The van der Waals surface area contributed by atoms with Crippen LogP contribution in [0.3, 0.4) is 0 Å². The van der Waals surface area contributed by atoms with Crippen molar-refractivity contribution in [2.24, 2.45) is 11.8 Å². The summed E-state index contributed by atoms with van der Waals surface area (Å²) in [7, 11) is 0. The fraction of sp³-hybridized carbons (Fsp3) is 0.882. The molecule has 126 valence electrons. The fourth-order valence-corrected chi connectivity index (χ4v) is 3.61. The lowest BCUT2D eigenvalue weighted by molar-refractivity contribution is -0.142. The molecule has 0 aromatic carbocycles. The average Bonchev–Trinajstić information content (AvgIpc) is 2.54. The number of nitrogens with zero attached hydrogens (tertiary/aromatic N) is 2. The molecule has 0 saturated carbocycles. The minimum atomic E-state index is -0.343. The summed E-state index contributed by atoms with van der Waals surface area (Å²) in [4.78, 5) is 28.4. The van der Waals surface area contributed by atoms with Gasteiger partial charge in [0, 0.05) is 44.4 Å².